The zero-order chi connectivity index (χ0) is 16.5. The molecule has 2 aliphatic rings. The normalized spacial score (nSPS) is 21.0. The SMILES string of the molecule is Cc1cccc(OC2CN(c3nccc(N4CCC(O)C4)n3)C2)c1. The van der Waals surface area contributed by atoms with E-state index in [2.05, 4.69) is 38.8 Å². The summed E-state index contributed by atoms with van der Waals surface area (Å²) in [5.41, 5.74) is 1.20. The van der Waals surface area contributed by atoms with Crippen LogP contribution in [0, 0.1) is 6.92 Å². The number of ether oxygens (including phenoxy) is 1. The molecule has 0 amide bonds. The van der Waals surface area contributed by atoms with Crippen molar-refractivity contribution >= 4 is 11.8 Å². The minimum Gasteiger partial charge on any atom is -0.487 e. The Balaban J connectivity index is 1.36. The molecular formula is C18H22N4O2. The molecule has 0 saturated carbocycles. The number of rotatable bonds is 4. The van der Waals surface area contributed by atoms with E-state index in [0.717, 1.165) is 43.6 Å². The van der Waals surface area contributed by atoms with Gasteiger partial charge in [0.2, 0.25) is 5.95 Å². The average Bonchev–Trinajstić information content (AvgIpc) is 2.97. The molecule has 0 radical (unpaired) electrons. The molecule has 126 valence electrons. The average molecular weight is 326 g/mol. The van der Waals surface area contributed by atoms with E-state index in [1.54, 1.807) is 6.20 Å². The number of hydrogen-bond acceptors (Lipinski definition) is 6. The summed E-state index contributed by atoms with van der Waals surface area (Å²) < 4.78 is 5.99. The number of aromatic nitrogens is 2. The quantitative estimate of drug-likeness (QED) is 0.921. The number of benzene rings is 1. The highest BCUT2D eigenvalue weighted by molar-refractivity contribution is 5.46. The number of β-amino-alcohol motifs (C(OH)–C–C–N with tert-alkyl or cyclic N) is 1. The second-order valence-corrected chi connectivity index (χ2v) is 6.56. The highest BCUT2D eigenvalue weighted by Crippen LogP contribution is 2.24. The van der Waals surface area contributed by atoms with Crippen molar-refractivity contribution in [3.63, 3.8) is 0 Å². The standard InChI is InChI=1S/C18H22N4O2/c1-13-3-2-4-15(9-13)24-16-11-22(12-16)18-19-7-5-17(20-18)21-8-6-14(23)10-21/h2-5,7,9,14,16,23H,6,8,10-12H2,1H3. The molecular weight excluding hydrogens is 304 g/mol. The molecule has 1 atom stereocenters. The molecule has 24 heavy (non-hydrogen) atoms. The summed E-state index contributed by atoms with van der Waals surface area (Å²) in [5.74, 6) is 2.54. The largest absolute Gasteiger partial charge is 0.487 e. The summed E-state index contributed by atoms with van der Waals surface area (Å²) in [6, 6.07) is 10.0. The van der Waals surface area contributed by atoms with Crippen LogP contribution in [0.4, 0.5) is 11.8 Å². The summed E-state index contributed by atoms with van der Waals surface area (Å²) in [6.07, 6.45) is 2.51. The van der Waals surface area contributed by atoms with E-state index >= 15 is 0 Å². The molecule has 0 bridgehead atoms. The van der Waals surface area contributed by atoms with Gasteiger partial charge in [-0.3, -0.25) is 0 Å². The van der Waals surface area contributed by atoms with Crippen LogP contribution in [0.5, 0.6) is 5.75 Å². The van der Waals surface area contributed by atoms with Crippen LogP contribution in [0.1, 0.15) is 12.0 Å². The fraction of sp³-hybridized carbons (Fsp3) is 0.444. The monoisotopic (exact) mass is 326 g/mol. The van der Waals surface area contributed by atoms with Gasteiger partial charge in [0, 0.05) is 19.3 Å². The second kappa shape index (κ2) is 6.28. The predicted molar refractivity (Wildman–Crippen MR) is 92.7 cm³/mol. The van der Waals surface area contributed by atoms with Crippen LogP contribution >= 0.6 is 0 Å². The third-order valence-electron chi connectivity index (χ3n) is 4.54. The lowest BCUT2D eigenvalue weighted by Gasteiger charge is -2.39. The minimum atomic E-state index is -0.250. The molecule has 6 heteroatoms. The Morgan fingerprint density at radius 3 is 2.79 bits per heavy atom. The van der Waals surface area contributed by atoms with E-state index in [0.29, 0.717) is 6.54 Å². The van der Waals surface area contributed by atoms with Crippen molar-refractivity contribution < 1.29 is 9.84 Å². The Labute approximate surface area is 141 Å². The third kappa shape index (κ3) is 3.14. The maximum Gasteiger partial charge on any atom is 0.227 e. The van der Waals surface area contributed by atoms with Gasteiger partial charge in [0.25, 0.3) is 0 Å². The summed E-state index contributed by atoms with van der Waals surface area (Å²) in [5, 5.41) is 9.68. The zero-order valence-electron chi connectivity index (χ0n) is 13.8. The van der Waals surface area contributed by atoms with Crippen molar-refractivity contribution in [1.82, 2.24) is 9.97 Å². The highest BCUT2D eigenvalue weighted by Gasteiger charge is 2.31. The smallest absolute Gasteiger partial charge is 0.227 e. The van der Waals surface area contributed by atoms with E-state index in [-0.39, 0.29) is 12.2 Å². The molecule has 1 aromatic heterocycles. The molecule has 1 N–H and O–H groups in total. The van der Waals surface area contributed by atoms with E-state index in [4.69, 9.17) is 4.74 Å². The molecule has 6 nitrogen and oxygen atoms in total. The number of aliphatic hydroxyl groups excluding tert-OH is 1. The summed E-state index contributed by atoms with van der Waals surface area (Å²) in [6.45, 7) is 5.14. The van der Waals surface area contributed by atoms with Crippen LogP contribution in [0.15, 0.2) is 36.5 Å². The van der Waals surface area contributed by atoms with Gasteiger partial charge in [0.1, 0.15) is 17.7 Å². The van der Waals surface area contributed by atoms with Crippen molar-refractivity contribution in [3.8, 4) is 5.75 Å². The zero-order valence-corrected chi connectivity index (χ0v) is 13.8. The van der Waals surface area contributed by atoms with Crippen molar-refractivity contribution in [1.29, 1.82) is 0 Å². The molecule has 0 aliphatic carbocycles. The first-order chi connectivity index (χ1) is 11.7. The van der Waals surface area contributed by atoms with Crippen LogP contribution in [0.25, 0.3) is 0 Å². The van der Waals surface area contributed by atoms with Gasteiger partial charge in [-0.05, 0) is 37.1 Å². The Morgan fingerprint density at radius 2 is 2.04 bits per heavy atom. The molecule has 3 heterocycles. The van der Waals surface area contributed by atoms with Gasteiger partial charge in [-0.25, -0.2) is 4.98 Å². The number of aryl methyl sites for hydroxylation is 1. The number of hydrogen-bond donors (Lipinski definition) is 1. The lowest BCUT2D eigenvalue weighted by molar-refractivity contribution is 0.166. The minimum absolute atomic E-state index is 0.174. The summed E-state index contributed by atoms with van der Waals surface area (Å²) in [7, 11) is 0. The Morgan fingerprint density at radius 1 is 1.17 bits per heavy atom. The predicted octanol–water partition coefficient (Wildman–Crippen LogP) is 1.62. The van der Waals surface area contributed by atoms with Crippen molar-refractivity contribution in [3.05, 3.63) is 42.1 Å². The molecule has 4 rings (SSSR count). The van der Waals surface area contributed by atoms with Gasteiger partial charge < -0.3 is 19.6 Å². The fourth-order valence-corrected chi connectivity index (χ4v) is 3.17. The second-order valence-electron chi connectivity index (χ2n) is 6.56. The van der Waals surface area contributed by atoms with Gasteiger partial charge >= 0.3 is 0 Å². The summed E-state index contributed by atoms with van der Waals surface area (Å²) in [4.78, 5) is 13.2. The molecule has 0 spiro atoms. The van der Waals surface area contributed by atoms with Crippen molar-refractivity contribution in [2.24, 2.45) is 0 Å². The molecule has 2 aliphatic heterocycles. The first-order valence-electron chi connectivity index (χ1n) is 8.42. The topological polar surface area (TPSA) is 61.7 Å². The maximum atomic E-state index is 9.68. The Hall–Kier alpha value is -2.34. The number of nitrogens with zero attached hydrogens (tertiary/aromatic N) is 4. The van der Waals surface area contributed by atoms with Crippen LogP contribution in [-0.2, 0) is 0 Å². The lowest BCUT2D eigenvalue weighted by Crippen LogP contribution is -2.54. The van der Waals surface area contributed by atoms with E-state index in [1.807, 2.05) is 18.2 Å². The van der Waals surface area contributed by atoms with Crippen molar-refractivity contribution in [2.75, 3.05) is 36.0 Å². The Bertz CT molecular complexity index is 718. The van der Waals surface area contributed by atoms with E-state index in [9.17, 15) is 5.11 Å². The van der Waals surface area contributed by atoms with Crippen LogP contribution in [0.2, 0.25) is 0 Å². The molecule has 2 saturated heterocycles. The van der Waals surface area contributed by atoms with Gasteiger partial charge in [-0.1, -0.05) is 12.1 Å². The fourth-order valence-electron chi connectivity index (χ4n) is 3.17. The highest BCUT2D eigenvalue weighted by atomic mass is 16.5. The number of aliphatic hydroxyl groups is 1. The molecule has 1 aromatic carbocycles. The molecule has 2 fully saturated rings. The van der Waals surface area contributed by atoms with Crippen molar-refractivity contribution in [2.45, 2.75) is 25.6 Å². The van der Waals surface area contributed by atoms with Gasteiger partial charge in [-0.15, -0.1) is 0 Å². The van der Waals surface area contributed by atoms with Crippen LogP contribution < -0.4 is 14.5 Å². The van der Waals surface area contributed by atoms with Crippen LogP contribution in [-0.4, -0.2) is 53.5 Å². The van der Waals surface area contributed by atoms with Gasteiger partial charge in [0.05, 0.1) is 19.2 Å². The third-order valence-corrected chi connectivity index (χ3v) is 4.54. The van der Waals surface area contributed by atoms with Gasteiger partial charge in [0.15, 0.2) is 0 Å². The molecule has 2 aromatic rings. The number of anilines is 2. The van der Waals surface area contributed by atoms with Gasteiger partial charge in [-0.2, -0.15) is 4.98 Å². The molecule has 1 unspecified atom stereocenters. The van der Waals surface area contributed by atoms with E-state index in [1.165, 1.54) is 5.56 Å². The van der Waals surface area contributed by atoms with E-state index < -0.39 is 0 Å². The summed E-state index contributed by atoms with van der Waals surface area (Å²) >= 11 is 0. The first-order valence-corrected chi connectivity index (χ1v) is 8.42. The lowest BCUT2D eigenvalue weighted by atomic mass is 10.1. The maximum absolute atomic E-state index is 9.68. The Kier molecular flexibility index (Phi) is 3.98. The first kappa shape index (κ1) is 15.2. The van der Waals surface area contributed by atoms with Crippen LogP contribution in [0.3, 0.4) is 0 Å².